The molecule has 20 heavy (non-hydrogen) atoms. The highest BCUT2D eigenvalue weighted by Gasteiger charge is 2.30. The summed E-state index contributed by atoms with van der Waals surface area (Å²) in [5.74, 6) is 0. The molecule has 0 aromatic rings. The van der Waals surface area contributed by atoms with Gasteiger partial charge in [-0.25, -0.2) is 0 Å². The molecule has 0 aromatic carbocycles. The second kappa shape index (κ2) is 10.6. The van der Waals surface area contributed by atoms with Crippen molar-refractivity contribution in [3.8, 4) is 0 Å². The van der Waals surface area contributed by atoms with Gasteiger partial charge in [0.2, 0.25) is 0 Å². The van der Waals surface area contributed by atoms with E-state index < -0.39 is 0 Å². The van der Waals surface area contributed by atoms with E-state index in [1.165, 1.54) is 70.9 Å². The van der Waals surface area contributed by atoms with Gasteiger partial charge in [0.25, 0.3) is 0 Å². The molecule has 1 N–H and O–H groups in total. The Hall–Kier alpha value is -0.0800. The predicted octanol–water partition coefficient (Wildman–Crippen LogP) is 4.59. The SMILES string of the molecule is CCCCN(C(C)CC)C1CCCCCC1NCCC. The van der Waals surface area contributed by atoms with Crippen molar-refractivity contribution in [1.82, 2.24) is 10.2 Å². The van der Waals surface area contributed by atoms with Crippen molar-refractivity contribution in [2.75, 3.05) is 13.1 Å². The summed E-state index contributed by atoms with van der Waals surface area (Å²) in [7, 11) is 0. The highest BCUT2D eigenvalue weighted by molar-refractivity contribution is 4.88. The molecule has 2 heteroatoms. The lowest BCUT2D eigenvalue weighted by atomic mass is 9.98. The Morgan fingerprint density at radius 1 is 1.05 bits per heavy atom. The molecule has 1 rings (SSSR count). The first kappa shape index (κ1) is 18.0. The van der Waals surface area contributed by atoms with Crippen LogP contribution in [0, 0.1) is 0 Å². The zero-order valence-electron chi connectivity index (χ0n) is 14.5. The molecular weight excluding hydrogens is 244 g/mol. The number of nitrogens with one attached hydrogen (secondary N) is 1. The molecule has 1 saturated carbocycles. The molecule has 0 bridgehead atoms. The molecule has 0 amide bonds. The van der Waals surface area contributed by atoms with Crippen LogP contribution in [-0.2, 0) is 0 Å². The maximum absolute atomic E-state index is 3.86. The van der Waals surface area contributed by atoms with Gasteiger partial charge in [0.05, 0.1) is 0 Å². The maximum atomic E-state index is 3.86. The van der Waals surface area contributed by atoms with Crippen LogP contribution < -0.4 is 5.32 Å². The van der Waals surface area contributed by atoms with Crippen LogP contribution in [0.2, 0.25) is 0 Å². The summed E-state index contributed by atoms with van der Waals surface area (Å²) in [4.78, 5) is 2.84. The van der Waals surface area contributed by atoms with Crippen molar-refractivity contribution >= 4 is 0 Å². The third kappa shape index (κ3) is 5.73. The summed E-state index contributed by atoms with van der Waals surface area (Å²) in [6.45, 7) is 11.8. The van der Waals surface area contributed by atoms with Crippen molar-refractivity contribution < 1.29 is 0 Å². The number of rotatable bonds is 9. The number of hydrogen-bond donors (Lipinski definition) is 1. The van der Waals surface area contributed by atoms with Crippen LogP contribution in [0.1, 0.15) is 85.5 Å². The summed E-state index contributed by atoms with van der Waals surface area (Å²) < 4.78 is 0. The second-order valence-corrected chi connectivity index (χ2v) is 6.61. The van der Waals surface area contributed by atoms with Gasteiger partial charge < -0.3 is 5.32 Å². The second-order valence-electron chi connectivity index (χ2n) is 6.61. The largest absolute Gasteiger partial charge is 0.312 e. The van der Waals surface area contributed by atoms with E-state index in [1.807, 2.05) is 0 Å². The Morgan fingerprint density at radius 2 is 1.80 bits per heavy atom. The third-order valence-corrected chi connectivity index (χ3v) is 4.99. The molecule has 0 aliphatic heterocycles. The van der Waals surface area contributed by atoms with Crippen LogP contribution in [0.15, 0.2) is 0 Å². The predicted molar refractivity (Wildman–Crippen MR) is 90.3 cm³/mol. The molecule has 3 atom stereocenters. The summed E-state index contributed by atoms with van der Waals surface area (Å²) >= 11 is 0. The Morgan fingerprint density at radius 3 is 2.45 bits per heavy atom. The highest BCUT2D eigenvalue weighted by atomic mass is 15.2. The Labute approximate surface area is 127 Å². The van der Waals surface area contributed by atoms with E-state index in [4.69, 9.17) is 0 Å². The third-order valence-electron chi connectivity index (χ3n) is 4.99. The van der Waals surface area contributed by atoms with Crippen molar-refractivity contribution in [3.05, 3.63) is 0 Å². The summed E-state index contributed by atoms with van der Waals surface area (Å²) in [5.41, 5.74) is 0. The van der Waals surface area contributed by atoms with E-state index >= 15 is 0 Å². The summed E-state index contributed by atoms with van der Waals surface area (Å²) in [6, 6.07) is 2.23. The molecule has 1 aliphatic carbocycles. The zero-order valence-corrected chi connectivity index (χ0v) is 14.5. The molecule has 120 valence electrons. The normalized spacial score (nSPS) is 25.6. The average molecular weight is 283 g/mol. The van der Waals surface area contributed by atoms with E-state index in [2.05, 4.69) is 37.9 Å². The lowest BCUT2D eigenvalue weighted by Gasteiger charge is -2.40. The maximum Gasteiger partial charge on any atom is 0.0252 e. The summed E-state index contributed by atoms with van der Waals surface area (Å²) in [6.07, 6.45) is 12.2. The Kier molecular flexibility index (Phi) is 9.54. The number of unbranched alkanes of at least 4 members (excludes halogenated alkanes) is 1. The fourth-order valence-corrected chi connectivity index (χ4v) is 3.54. The molecule has 2 nitrogen and oxygen atoms in total. The smallest absolute Gasteiger partial charge is 0.0252 e. The van der Waals surface area contributed by atoms with Gasteiger partial charge in [-0.15, -0.1) is 0 Å². The van der Waals surface area contributed by atoms with Gasteiger partial charge >= 0.3 is 0 Å². The Balaban J connectivity index is 2.73. The van der Waals surface area contributed by atoms with Gasteiger partial charge in [-0.05, 0) is 52.1 Å². The minimum Gasteiger partial charge on any atom is -0.312 e. The molecule has 0 saturated heterocycles. The molecule has 3 unspecified atom stereocenters. The van der Waals surface area contributed by atoms with E-state index in [0.29, 0.717) is 0 Å². The quantitative estimate of drug-likeness (QED) is 0.622. The van der Waals surface area contributed by atoms with Crippen LogP contribution in [0.3, 0.4) is 0 Å². The zero-order chi connectivity index (χ0) is 14.8. The molecular formula is C18H38N2. The molecule has 1 fully saturated rings. The first-order valence-corrected chi connectivity index (χ1v) is 9.23. The molecule has 0 heterocycles. The van der Waals surface area contributed by atoms with Crippen molar-refractivity contribution in [3.63, 3.8) is 0 Å². The monoisotopic (exact) mass is 282 g/mol. The van der Waals surface area contributed by atoms with Gasteiger partial charge in [-0.2, -0.15) is 0 Å². The van der Waals surface area contributed by atoms with Crippen LogP contribution in [0.4, 0.5) is 0 Å². The minimum atomic E-state index is 0.725. The van der Waals surface area contributed by atoms with Gasteiger partial charge in [0.15, 0.2) is 0 Å². The van der Waals surface area contributed by atoms with Crippen LogP contribution in [0.25, 0.3) is 0 Å². The first-order valence-electron chi connectivity index (χ1n) is 9.23. The van der Waals surface area contributed by atoms with E-state index in [1.54, 1.807) is 0 Å². The van der Waals surface area contributed by atoms with Crippen LogP contribution in [-0.4, -0.2) is 36.1 Å². The lowest BCUT2D eigenvalue weighted by Crippen LogP contribution is -2.53. The van der Waals surface area contributed by atoms with Crippen LogP contribution in [0.5, 0.6) is 0 Å². The average Bonchev–Trinajstić information content (AvgIpc) is 2.70. The topological polar surface area (TPSA) is 15.3 Å². The number of hydrogen-bond acceptors (Lipinski definition) is 2. The first-order chi connectivity index (χ1) is 9.74. The fourth-order valence-electron chi connectivity index (χ4n) is 3.54. The molecule has 1 aliphatic rings. The van der Waals surface area contributed by atoms with Crippen molar-refractivity contribution in [1.29, 1.82) is 0 Å². The van der Waals surface area contributed by atoms with E-state index in [0.717, 1.165) is 18.1 Å². The lowest BCUT2D eigenvalue weighted by molar-refractivity contribution is 0.101. The van der Waals surface area contributed by atoms with Crippen molar-refractivity contribution in [2.24, 2.45) is 0 Å². The van der Waals surface area contributed by atoms with Crippen LogP contribution >= 0.6 is 0 Å². The summed E-state index contributed by atoms with van der Waals surface area (Å²) in [5, 5.41) is 3.86. The Bertz CT molecular complexity index is 229. The van der Waals surface area contributed by atoms with E-state index in [9.17, 15) is 0 Å². The fraction of sp³-hybridized carbons (Fsp3) is 1.00. The molecule has 0 radical (unpaired) electrons. The standard InChI is InChI=1S/C18H38N2/c1-5-8-15-20(16(4)7-3)18-13-11-9-10-12-17(18)19-14-6-2/h16-19H,5-15H2,1-4H3. The van der Waals surface area contributed by atoms with Gasteiger partial charge in [0, 0.05) is 18.1 Å². The highest BCUT2D eigenvalue weighted by Crippen LogP contribution is 2.25. The molecule has 0 spiro atoms. The van der Waals surface area contributed by atoms with E-state index in [-0.39, 0.29) is 0 Å². The van der Waals surface area contributed by atoms with Crippen molar-refractivity contribution in [2.45, 2.75) is 104 Å². The molecule has 0 aromatic heterocycles. The van der Waals surface area contributed by atoms with Gasteiger partial charge in [-0.1, -0.05) is 46.5 Å². The minimum absolute atomic E-state index is 0.725. The van der Waals surface area contributed by atoms with Gasteiger partial charge in [-0.3, -0.25) is 4.90 Å². The van der Waals surface area contributed by atoms with Gasteiger partial charge in [0.1, 0.15) is 0 Å². The number of nitrogens with zero attached hydrogens (tertiary/aromatic N) is 1.